The maximum atomic E-state index is 12.2. The number of amides is 1. The Morgan fingerprint density at radius 1 is 1.23 bits per heavy atom. The van der Waals surface area contributed by atoms with Gasteiger partial charge >= 0.3 is 0 Å². The first-order chi connectivity index (χ1) is 10.5. The number of nitrogens with one attached hydrogen (secondary N) is 1. The number of hydrogen-bond acceptors (Lipinski definition) is 2. The van der Waals surface area contributed by atoms with E-state index in [-0.39, 0.29) is 12.3 Å². The largest absolute Gasteiger partial charge is 0.325 e. The first kappa shape index (κ1) is 14.6. The lowest BCUT2D eigenvalue weighted by Gasteiger charge is -2.08. The van der Waals surface area contributed by atoms with Gasteiger partial charge in [-0.25, -0.2) is 4.98 Å². The summed E-state index contributed by atoms with van der Waals surface area (Å²) in [5.41, 5.74) is 4.49. The van der Waals surface area contributed by atoms with Crippen molar-refractivity contribution in [2.75, 3.05) is 5.32 Å². The third kappa shape index (κ3) is 3.12. The summed E-state index contributed by atoms with van der Waals surface area (Å²) in [5.74, 6) is -0.0804. The van der Waals surface area contributed by atoms with Crippen LogP contribution < -0.4 is 5.32 Å². The Kier molecular flexibility index (Phi) is 3.86. The molecule has 0 fully saturated rings. The summed E-state index contributed by atoms with van der Waals surface area (Å²) in [7, 11) is 0. The second-order valence-electron chi connectivity index (χ2n) is 5.39. The number of hydrogen-bond donors (Lipinski definition) is 1. The van der Waals surface area contributed by atoms with Crippen molar-refractivity contribution in [1.82, 2.24) is 9.38 Å². The van der Waals surface area contributed by atoms with Crippen molar-refractivity contribution in [3.05, 3.63) is 64.6 Å². The van der Waals surface area contributed by atoms with Crippen molar-refractivity contribution >= 4 is 28.8 Å². The summed E-state index contributed by atoms with van der Waals surface area (Å²) in [5, 5.41) is 3.58. The summed E-state index contributed by atoms with van der Waals surface area (Å²) >= 11 is 5.95. The zero-order valence-corrected chi connectivity index (χ0v) is 13.2. The van der Waals surface area contributed by atoms with Gasteiger partial charge in [0.2, 0.25) is 5.91 Å². The Hall–Kier alpha value is -2.33. The number of pyridine rings is 1. The van der Waals surface area contributed by atoms with Crippen LogP contribution in [0.3, 0.4) is 0 Å². The molecule has 0 aliphatic rings. The van der Waals surface area contributed by atoms with Crippen molar-refractivity contribution in [2.45, 2.75) is 20.3 Å². The van der Waals surface area contributed by atoms with E-state index in [1.54, 1.807) is 12.3 Å². The Balaban J connectivity index is 1.76. The molecular formula is C17H16ClN3O. The van der Waals surface area contributed by atoms with Gasteiger partial charge in [0, 0.05) is 18.1 Å². The summed E-state index contributed by atoms with van der Waals surface area (Å²) < 4.78 is 1.82. The van der Waals surface area contributed by atoms with Crippen LogP contribution in [0.1, 0.15) is 16.8 Å². The van der Waals surface area contributed by atoms with Crippen LogP contribution in [0.15, 0.2) is 42.7 Å². The molecule has 0 bridgehead atoms. The standard InChI is InChI=1S/C17H16ClN3O/c1-11-3-4-12(2)15(7-11)20-17(22)8-14-10-21-9-13(18)5-6-16(21)19-14/h3-7,9-10H,8H2,1-2H3,(H,20,22). The molecule has 3 aromatic rings. The smallest absolute Gasteiger partial charge is 0.230 e. The molecule has 112 valence electrons. The minimum atomic E-state index is -0.0804. The van der Waals surface area contributed by atoms with Gasteiger partial charge in [-0.3, -0.25) is 4.79 Å². The fourth-order valence-electron chi connectivity index (χ4n) is 2.33. The molecule has 0 radical (unpaired) electrons. The Bertz CT molecular complexity index is 854. The fraction of sp³-hybridized carbons (Fsp3) is 0.176. The van der Waals surface area contributed by atoms with Crippen LogP contribution in [-0.4, -0.2) is 15.3 Å². The van der Waals surface area contributed by atoms with Crippen molar-refractivity contribution in [2.24, 2.45) is 0 Å². The van der Waals surface area contributed by atoms with E-state index in [4.69, 9.17) is 11.6 Å². The highest BCUT2D eigenvalue weighted by Crippen LogP contribution is 2.17. The molecule has 1 N–H and O–H groups in total. The SMILES string of the molecule is Cc1ccc(C)c(NC(=O)Cc2cn3cc(Cl)ccc3n2)c1. The van der Waals surface area contributed by atoms with Crippen LogP contribution in [0.4, 0.5) is 5.69 Å². The highest BCUT2D eigenvalue weighted by Gasteiger charge is 2.09. The third-order valence-corrected chi connectivity index (χ3v) is 3.70. The van der Waals surface area contributed by atoms with Gasteiger partial charge in [-0.15, -0.1) is 0 Å². The maximum absolute atomic E-state index is 12.2. The number of benzene rings is 1. The van der Waals surface area contributed by atoms with Crippen LogP contribution in [0.25, 0.3) is 5.65 Å². The third-order valence-electron chi connectivity index (χ3n) is 3.47. The second-order valence-corrected chi connectivity index (χ2v) is 5.82. The molecule has 3 rings (SSSR count). The molecule has 0 spiro atoms. The van der Waals surface area contributed by atoms with Crippen LogP contribution >= 0.6 is 11.6 Å². The molecule has 0 saturated heterocycles. The summed E-state index contributed by atoms with van der Waals surface area (Å²) in [6, 6.07) is 9.60. The monoisotopic (exact) mass is 313 g/mol. The number of rotatable bonds is 3. The molecule has 1 aromatic carbocycles. The van der Waals surface area contributed by atoms with Crippen molar-refractivity contribution in [3.63, 3.8) is 0 Å². The molecule has 0 unspecified atom stereocenters. The lowest BCUT2D eigenvalue weighted by molar-refractivity contribution is -0.115. The van der Waals surface area contributed by atoms with E-state index in [1.807, 2.05) is 48.7 Å². The average molecular weight is 314 g/mol. The number of nitrogens with zero attached hydrogens (tertiary/aromatic N) is 2. The van der Waals surface area contributed by atoms with Gasteiger partial charge in [-0.2, -0.15) is 0 Å². The number of aromatic nitrogens is 2. The zero-order valence-electron chi connectivity index (χ0n) is 12.4. The Labute approximate surface area is 133 Å². The molecule has 1 amide bonds. The zero-order chi connectivity index (χ0) is 15.7. The van der Waals surface area contributed by atoms with Gasteiger partial charge in [0.25, 0.3) is 0 Å². The van der Waals surface area contributed by atoms with E-state index in [2.05, 4.69) is 10.3 Å². The van der Waals surface area contributed by atoms with Crippen LogP contribution in [-0.2, 0) is 11.2 Å². The minimum Gasteiger partial charge on any atom is -0.325 e. The summed E-state index contributed by atoms with van der Waals surface area (Å²) in [6.45, 7) is 3.98. The minimum absolute atomic E-state index is 0.0804. The summed E-state index contributed by atoms with van der Waals surface area (Å²) in [6.07, 6.45) is 3.83. The molecule has 2 heterocycles. The molecular weight excluding hydrogens is 298 g/mol. The van der Waals surface area contributed by atoms with Crippen molar-refractivity contribution in [1.29, 1.82) is 0 Å². The molecule has 0 aliphatic carbocycles. The normalized spacial score (nSPS) is 10.9. The predicted octanol–water partition coefficient (Wildman–Crippen LogP) is 3.79. The summed E-state index contributed by atoms with van der Waals surface area (Å²) in [4.78, 5) is 16.6. The van der Waals surface area contributed by atoms with Crippen molar-refractivity contribution in [3.8, 4) is 0 Å². The molecule has 0 aliphatic heterocycles. The first-order valence-corrected chi connectivity index (χ1v) is 7.39. The van der Waals surface area contributed by atoms with Crippen LogP contribution in [0.2, 0.25) is 5.02 Å². The lowest BCUT2D eigenvalue weighted by Crippen LogP contribution is -2.15. The Morgan fingerprint density at radius 3 is 2.86 bits per heavy atom. The van der Waals surface area contributed by atoms with E-state index >= 15 is 0 Å². The number of fused-ring (bicyclic) bond motifs is 1. The molecule has 0 saturated carbocycles. The van der Waals surface area contributed by atoms with Gasteiger partial charge < -0.3 is 9.72 Å². The molecule has 0 atom stereocenters. The van der Waals surface area contributed by atoms with Gasteiger partial charge in [0.1, 0.15) is 5.65 Å². The first-order valence-electron chi connectivity index (χ1n) is 7.01. The van der Waals surface area contributed by atoms with E-state index in [0.717, 1.165) is 22.5 Å². The second kappa shape index (κ2) is 5.81. The highest BCUT2D eigenvalue weighted by molar-refractivity contribution is 6.30. The van der Waals surface area contributed by atoms with Crippen molar-refractivity contribution < 1.29 is 4.79 Å². The highest BCUT2D eigenvalue weighted by atomic mass is 35.5. The number of anilines is 1. The van der Waals surface area contributed by atoms with Gasteiger partial charge in [-0.1, -0.05) is 23.7 Å². The Morgan fingerprint density at radius 2 is 2.05 bits per heavy atom. The van der Waals surface area contributed by atoms with Gasteiger partial charge in [-0.05, 0) is 43.2 Å². The van der Waals surface area contributed by atoms with E-state index < -0.39 is 0 Å². The topological polar surface area (TPSA) is 46.4 Å². The van der Waals surface area contributed by atoms with E-state index in [0.29, 0.717) is 10.7 Å². The number of halogens is 1. The van der Waals surface area contributed by atoms with Gasteiger partial charge in [0.05, 0.1) is 17.1 Å². The lowest BCUT2D eigenvalue weighted by atomic mass is 10.1. The van der Waals surface area contributed by atoms with Gasteiger partial charge in [0.15, 0.2) is 0 Å². The number of aryl methyl sites for hydroxylation is 2. The van der Waals surface area contributed by atoms with E-state index in [9.17, 15) is 4.79 Å². The van der Waals surface area contributed by atoms with E-state index in [1.165, 1.54) is 0 Å². The van der Waals surface area contributed by atoms with Crippen LogP contribution in [0.5, 0.6) is 0 Å². The molecule has 2 aromatic heterocycles. The maximum Gasteiger partial charge on any atom is 0.230 e. The number of carbonyl (C=O) groups excluding carboxylic acids is 1. The number of imidazole rings is 1. The predicted molar refractivity (Wildman–Crippen MR) is 88.5 cm³/mol. The van der Waals surface area contributed by atoms with Crippen LogP contribution in [0, 0.1) is 13.8 Å². The number of carbonyl (C=O) groups is 1. The quantitative estimate of drug-likeness (QED) is 0.799. The molecule has 5 heteroatoms. The molecule has 4 nitrogen and oxygen atoms in total. The fourth-order valence-corrected chi connectivity index (χ4v) is 2.50. The molecule has 22 heavy (non-hydrogen) atoms. The average Bonchev–Trinajstić information content (AvgIpc) is 2.84.